The number of nitrogens with one attached hydrogen (secondary N) is 6. The van der Waals surface area contributed by atoms with Gasteiger partial charge in [-0.15, -0.1) is 0 Å². The molecule has 0 bridgehead atoms. The molecule has 0 aromatic heterocycles. The lowest BCUT2D eigenvalue weighted by Crippen LogP contribution is -2.61. The highest BCUT2D eigenvalue weighted by atomic mass is 16.4. The predicted molar refractivity (Wildman–Crippen MR) is 313 cm³/mol. The van der Waals surface area contributed by atoms with E-state index in [1.54, 1.807) is 74.5 Å². The Balaban J connectivity index is 1.32. The molecule has 14 N–H and O–H groups in total. The van der Waals surface area contributed by atoms with Gasteiger partial charge in [0.1, 0.15) is 54.4 Å². The Bertz CT molecular complexity index is 2600. The zero-order valence-corrected chi connectivity index (χ0v) is 49.1. The lowest BCUT2D eigenvalue weighted by molar-refractivity contribution is -0.150. The second-order valence-corrected chi connectivity index (χ2v) is 22.8. The molecule has 0 saturated carbocycles. The number of nitrogens with zero attached hydrogens (tertiary/aromatic N) is 4. The molecule has 9 amide bonds. The van der Waals surface area contributed by atoms with Gasteiger partial charge in [0.15, 0.2) is 5.96 Å². The predicted octanol–water partition coefficient (Wildman–Crippen LogP) is -0.296. The molecule has 2 aromatic rings. The Morgan fingerprint density at radius 1 is 0.571 bits per heavy atom. The van der Waals surface area contributed by atoms with E-state index in [4.69, 9.17) is 17.2 Å². The van der Waals surface area contributed by atoms with Crippen molar-refractivity contribution >= 4 is 65.1 Å². The van der Waals surface area contributed by atoms with Crippen molar-refractivity contribution in [2.24, 2.45) is 34.0 Å². The molecule has 2 aromatic carbocycles. The van der Waals surface area contributed by atoms with E-state index in [1.807, 2.05) is 20.8 Å². The molecule has 25 heteroatoms. The number of hydrogen-bond donors (Lipinski definition) is 11. The van der Waals surface area contributed by atoms with E-state index in [-0.39, 0.29) is 82.4 Å². The molecule has 3 fully saturated rings. The van der Waals surface area contributed by atoms with Gasteiger partial charge in [-0.25, -0.2) is 4.79 Å². The number of nitrogens with two attached hydrogens (primary N) is 3. The number of carbonyl (C=O) groups is 10. The van der Waals surface area contributed by atoms with E-state index < -0.39 is 126 Å². The number of rotatable bonds is 31. The van der Waals surface area contributed by atoms with E-state index in [9.17, 15) is 58.2 Å². The van der Waals surface area contributed by atoms with Crippen molar-refractivity contribution in [1.82, 2.24) is 46.6 Å². The Hall–Kier alpha value is -7.67. The highest BCUT2D eigenvalue weighted by Crippen LogP contribution is 2.25. The molecular weight excluding hydrogens is 1080 g/mol. The first-order chi connectivity index (χ1) is 40.0. The molecule has 3 heterocycles. The van der Waals surface area contributed by atoms with Crippen LogP contribution in [0.4, 0.5) is 0 Å². The van der Waals surface area contributed by atoms with Crippen molar-refractivity contribution < 1.29 is 58.2 Å². The summed E-state index contributed by atoms with van der Waals surface area (Å²) in [4.78, 5) is 148. The number of carbonyl (C=O) groups excluding carboxylic acids is 9. The van der Waals surface area contributed by atoms with Gasteiger partial charge >= 0.3 is 5.97 Å². The van der Waals surface area contributed by atoms with Crippen molar-refractivity contribution in [3.63, 3.8) is 0 Å². The molecule has 462 valence electrons. The third-order valence-electron chi connectivity index (χ3n) is 15.5. The van der Waals surface area contributed by atoms with Crippen LogP contribution in [0, 0.1) is 11.8 Å². The highest BCUT2D eigenvalue weighted by Gasteiger charge is 2.44. The van der Waals surface area contributed by atoms with Crippen LogP contribution in [0.5, 0.6) is 0 Å². The van der Waals surface area contributed by atoms with Crippen molar-refractivity contribution in [2.75, 3.05) is 32.8 Å². The quantitative estimate of drug-likeness (QED) is 0.0262. The standard InChI is InChI=1S/C59H89N13O12/c1-6-7-22-39(60)55(80)70-28-15-24-45(70)53(78)66-41(31-35(2)3)50(75)65-42(32-37-18-10-8-11-19-37)51(76)68-44(34-73)52(77)64-40(23-14-27-63-59(61)62)49(74)69-48(36(4)5)57(82)71-29-16-25-46(71)54(79)67-43(33-38-20-12-9-13-21-38)56(81)72-30-17-26-47(72)58(83)84/h8-13,18-21,35-36,39-48,73H,6-7,14-17,22-34,60H2,1-5H3,(H,64,77)(H,65,75)(H,66,78)(H,67,79)(H,68,76)(H,69,74)(H,83,84)(H4,61,62,63)/t39-,40-,41-,42-,43-,44-,45-,46-,47-,48-/m0/s1. The molecule has 3 saturated heterocycles. The van der Waals surface area contributed by atoms with Crippen LogP contribution in [0.2, 0.25) is 0 Å². The molecular formula is C59H89N13O12. The smallest absolute Gasteiger partial charge is 0.326 e. The van der Waals surface area contributed by atoms with Gasteiger partial charge in [0.2, 0.25) is 53.2 Å². The molecule has 0 aliphatic carbocycles. The maximum absolute atomic E-state index is 14.6. The van der Waals surface area contributed by atoms with E-state index in [0.29, 0.717) is 49.8 Å². The lowest BCUT2D eigenvalue weighted by atomic mass is 10.00. The Morgan fingerprint density at radius 2 is 1.04 bits per heavy atom. The fourth-order valence-electron chi connectivity index (χ4n) is 10.9. The number of aliphatic hydroxyl groups excluding tert-OH is 1. The fourth-order valence-corrected chi connectivity index (χ4v) is 10.9. The normalized spacial score (nSPS) is 19.2. The number of aliphatic carboxylic acids is 1. The number of benzene rings is 2. The average Bonchev–Trinajstić information content (AvgIpc) is 4.32. The van der Waals surface area contributed by atoms with Gasteiger partial charge in [0, 0.05) is 39.0 Å². The molecule has 0 radical (unpaired) electrons. The van der Waals surface area contributed by atoms with Crippen LogP contribution in [0.15, 0.2) is 65.7 Å². The number of amides is 9. The van der Waals surface area contributed by atoms with Crippen LogP contribution < -0.4 is 49.1 Å². The summed E-state index contributed by atoms with van der Waals surface area (Å²) in [6, 6.07) is 5.86. The highest BCUT2D eigenvalue weighted by molar-refractivity contribution is 5.99. The van der Waals surface area contributed by atoms with Gasteiger partial charge < -0.3 is 74.0 Å². The lowest BCUT2D eigenvalue weighted by Gasteiger charge is -2.33. The van der Waals surface area contributed by atoms with Crippen molar-refractivity contribution in [3.05, 3.63) is 71.8 Å². The minimum absolute atomic E-state index is 0.0329. The van der Waals surface area contributed by atoms with Gasteiger partial charge in [0.25, 0.3) is 0 Å². The number of hydrogen-bond acceptors (Lipinski definition) is 13. The maximum atomic E-state index is 14.6. The first-order valence-electron chi connectivity index (χ1n) is 29.5. The molecule has 3 aliphatic heterocycles. The van der Waals surface area contributed by atoms with Crippen LogP contribution in [0.3, 0.4) is 0 Å². The van der Waals surface area contributed by atoms with Crippen LogP contribution >= 0.6 is 0 Å². The van der Waals surface area contributed by atoms with E-state index >= 15 is 0 Å². The number of carboxylic acids is 1. The van der Waals surface area contributed by atoms with E-state index in [2.05, 4.69) is 36.9 Å². The second kappa shape index (κ2) is 33.0. The van der Waals surface area contributed by atoms with Gasteiger partial charge in [-0.2, -0.15) is 0 Å². The minimum Gasteiger partial charge on any atom is -0.480 e. The minimum atomic E-state index is -1.69. The van der Waals surface area contributed by atoms with E-state index in [0.717, 1.165) is 12.8 Å². The van der Waals surface area contributed by atoms with Crippen molar-refractivity contribution in [2.45, 2.75) is 185 Å². The Labute approximate surface area is 491 Å². The summed E-state index contributed by atoms with van der Waals surface area (Å²) in [5.41, 5.74) is 18.7. The van der Waals surface area contributed by atoms with E-state index in [1.165, 1.54) is 14.7 Å². The maximum Gasteiger partial charge on any atom is 0.326 e. The molecule has 84 heavy (non-hydrogen) atoms. The summed E-state index contributed by atoms with van der Waals surface area (Å²) in [6.07, 6.45) is 4.54. The van der Waals surface area contributed by atoms with Crippen LogP contribution in [-0.4, -0.2) is 183 Å². The number of carboxylic acid groups (broad SMARTS) is 1. The number of unbranched alkanes of at least 4 members (excludes halogenated alkanes) is 1. The van der Waals surface area contributed by atoms with Gasteiger partial charge in [-0.3, -0.25) is 48.1 Å². The van der Waals surface area contributed by atoms with Crippen molar-refractivity contribution in [1.29, 1.82) is 0 Å². The average molecular weight is 1170 g/mol. The molecule has 0 unspecified atom stereocenters. The van der Waals surface area contributed by atoms with Crippen molar-refractivity contribution in [3.8, 4) is 0 Å². The number of likely N-dealkylation sites (tertiary alicyclic amines) is 3. The first-order valence-corrected chi connectivity index (χ1v) is 29.5. The Morgan fingerprint density at radius 3 is 1.55 bits per heavy atom. The molecule has 25 nitrogen and oxygen atoms in total. The summed E-state index contributed by atoms with van der Waals surface area (Å²) >= 11 is 0. The summed E-state index contributed by atoms with van der Waals surface area (Å²) in [6.45, 7) is 8.81. The third kappa shape index (κ3) is 19.5. The Kier molecular flexibility index (Phi) is 26.4. The van der Waals surface area contributed by atoms with Gasteiger partial charge in [-0.1, -0.05) is 108 Å². The monoisotopic (exact) mass is 1170 g/mol. The summed E-state index contributed by atoms with van der Waals surface area (Å²) in [5, 5.41) is 36.8. The first kappa shape index (κ1) is 67.1. The number of aliphatic hydroxyl groups is 1. The number of guanidine groups is 1. The van der Waals surface area contributed by atoms with Gasteiger partial charge in [0.05, 0.1) is 12.6 Å². The SMILES string of the molecule is CCCC[C@H](N)C(=O)N1CCC[C@H]1C(=O)N[C@@H](CC(C)C)C(=O)N[C@@H](Cc1ccccc1)C(=O)N[C@@H](CO)C(=O)N[C@@H](CCCN=C(N)N)C(=O)N[C@H](C(=O)N1CCC[C@H]1C(=O)N[C@@H](Cc1ccccc1)C(=O)N1CCC[C@H]1C(=O)O)C(C)C. The third-order valence-corrected chi connectivity index (χ3v) is 15.5. The molecule has 10 atom stereocenters. The van der Waals surface area contributed by atoms with Crippen LogP contribution in [0.25, 0.3) is 0 Å². The summed E-state index contributed by atoms with van der Waals surface area (Å²) in [7, 11) is 0. The summed E-state index contributed by atoms with van der Waals surface area (Å²) in [5.74, 6) is -8.16. The summed E-state index contributed by atoms with van der Waals surface area (Å²) < 4.78 is 0. The molecule has 5 rings (SSSR count). The molecule has 3 aliphatic rings. The van der Waals surface area contributed by atoms with Gasteiger partial charge in [-0.05, 0) is 87.2 Å². The topological polar surface area (TPSA) is 383 Å². The largest absolute Gasteiger partial charge is 0.480 e. The second-order valence-electron chi connectivity index (χ2n) is 22.8. The van der Waals surface area contributed by atoms with Crippen LogP contribution in [-0.2, 0) is 60.8 Å². The number of aliphatic imine (C=N–C) groups is 1. The fraction of sp³-hybridized carbons (Fsp3) is 0.610. The molecule has 0 spiro atoms. The zero-order chi connectivity index (χ0) is 61.6. The zero-order valence-electron chi connectivity index (χ0n) is 49.1. The van der Waals surface area contributed by atoms with Crippen LogP contribution in [0.1, 0.15) is 123 Å².